The number of benzene rings is 2. The number of halogens is 1. The molecule has 0 amide bonds. The summed E-state index contributed by atoms with van der Waals surface area (Å²) in [5.41, 5.74) is 0.204. The molecule has 2 aromatic carbocycles. The smallest absolute Gasteiger partial charge is 0.312 e. The van der Waals surface area contributed by atoms with Gasteiger partial charge in [0.25, 0.3) is 0 Å². The molecule has 0 heterocycles. The lowest BCUT2D eigenvalue weighted by molar-refractivity contribution is -0.385. The first-order valence-corrected chi connectivity index (χ1v) is 6.50. The predicted molar refractivity (Wildman–Crippen MR) is 77.3 cm³/mol. The molecule has 0 atom stereocenters. The molecule has 0 unspecified atom stereocenters. The summed E-state index contributed by atoms with van der Waals surface area (Å²) in [6, 6.07) is 11.1. The van der Waals surface area contributed by atoms with E-state index in [1.165, 1.54) is 13.0 Å². The third kappa shape index (κ3) is 2.85. The van der Waals surface area contributed by atoms with Crippen molar-refractivity contribution in [3.05, 3.63) is 62.6 Å². The van der Waals surface area contributed by atoms with Crippen LogP contribution in [0.25, 0.3) is 0 Å². The summed E-state index contributed by atoms with van der Waals surface area (Å²) in [6.45, 7) is 1.41. The van der Waals surface area contributed by atoms with E-state index in [0.29, 0.717) is 10.0 Å². The molecule has 0 bridgehead atoms. The predicted octanol–water partition coefficient (Wildman–Crippen LogP) is 4.35. The average Bonchev–Trinajstić information content (AvgIpc) is 2.41. The van der Waals surface area contributed by atoms with E-state index in [1.54, 1.807) is 36.4 Å². The van der Waals surface area contributed by atoms with Crippen molar-refractivity contribution in [2.75, 3.05) is 0 Å². The molecular formula is C14H10BrNO4. The third-order valence-electron chi connectivity index (χ3n) is 2.62. The van der Waals surface area contributed by atoms with Gasteiger partial charge < -0.3 is 4.74 Å². The number of hydrogen-bond donors (Lipinski definition) is 0. The molecule has 0 fully saturated rings. The van der Waals surface area contributed by atoms with Crippen molar-refractivity contribution >= 4 is 27.4 Å². The molecule has 0 radical (unpaired) electrons. The lowest BCUT2D eigenvalue weighted by atomic mass is 10.1. The number of rotatable bonds is 4. The number of ether oxygens (including phenoxy) is 1. The zero-order chi connectivity index (χ0) is 14.7. The molecule has 0 spiro atoms. The van der Waals surface area contributed by atoms with Gasteiger partial charge in [0, 0.05) is 6.07 Å². The first-order valence-electron chi connectivity index (χ1n) is 5.71. The Hall–Kier alpha value is -2.21. The SMILES string of the molecule is CC(=O)c1ccccc1Oc1c(Br)cccc1[N+](=O)[O-]. The minimum atomic E-state index is -0.531. The van der Waals surface area contributed by atoms with E-state index in [1.807, 2.05) is 0 Å². The molecule has 2 rings (SSSR count). The Morgan fingerprint density at radius 1 is 1.20 bits per heavy atom. The zero-order valence-electron chi connectivity index (χ0n) is 10.5. The summed E-state index contributed by atoms with van der Waals surface area (Å²) in [7, 11) is 0. The highest BCUT2D eigenvalue weighted by atomic mass is 79.9. The minimum absolute atomic E-state index is 0.0752. The van der Waals surface area contributed by atoms with Crippen molar-refractivity contribution in [2.24, 2.45) is 0 Å². The van der Waals surface area contributed by atoms with Crippen LogP contribution in [0, 0.1) is 10.1 Å². The molecule has 0 aliphatic rings. The Morgan fingerprint density at radius 3 is 2.55 bits per heavy atom. The van der Waals surface area contributed by atoms with Crippen LogP contribution in [0.4, 0.5) is 5.69 Å². The number of para-hydroxylation sites is 2. The van der Waals surface area contributed by atoms with Crippen LogP contribution in [0.2, 0.25) is 0 Å². The van der Waals surface area contributed by atoms with Crippen LogP contribution in [-0.2, 0) is 0 Å². The topological polar surface area (TPSA) is 69.4 Å². The van der Waals surface area contributed by atoms with E-state index in [2.05, 4.69) is 15.9 Å². The van der Waals surface area contributed by atoms with E-state index in [9.17, 15) is 14.9 Å². The Morgan fingerprint density at radius 2 is 1.90 bits per heavy atom. The lowest BCUT2D eigenvalue weighted by Gasteiger charge is -2.10. The van der Waals surface area contributed by atoms with Gasteiger partial charge in [-0.2, -0.15) is 0 Å². The molecule has 6 heteroatoms. The van der Waals surface area contributed by atoms with Crippen LogP contribution in [0.3, 0.4) is 0 Å². The molecule has 0 saturated heterocycles. The van der Waals surface area contributed by atoms with Gasteiger partial charge in [0.2, 0.25) is 5.75 Å². The average molecular weight is 336 g/mol. The maximum Gasteiger partial charge on any atom is 0.312 e. The first kappa shape index (κ1) is 14.2. The quantitative estimate of drug-likeness (QED) is 0.473. The lowest BCUT2D eigenvalue weighted by Crippen LogP contribution is -1.99. The van der Waals surface area contributed by atoms with Crippen molar-refractivity contribution in [1.82, 2.24) is 0 Å². The number of carbonyl (C=O) groups is 1. The number of carbonyl (C=O) groups excluding carboxylic acids is 1. The summed E-state index contributed by atoms with van der Waals surface area (Å²) in [6.07, 6.45) is 0. The Bertz CT molecular complexity index is 685. The zero-order valence-corrected chi connectivity index (χ0v) is 12.1. The number of ketones is 1. The number of Topliss-reactive ketones (excluding diaryl/α,β-unsaturated/α-hetero) is 1. The molecule has 20 heavy (non-hydrogen) atoms. The maximum atomic E-state index is 11.5. The van der Waals surface area contributed by atoms with Gasteiger partial charge in [-0.05, 0) is 41.1 Å². The van der Waals surface area contributed by atoms with Crippen LogP contribution < -0.4 is 4.74 Å². The molecule has 2 aromatic rings. The Labute approximate surface area is 123 Å². The van der Waals surface area contributed by atoms with Crippen molar-refractivity contribution < 1.29 is 14.5 Å². The molecule has 0 aromatic heterocycles. The summed E-state index contributed by atoms with van der Waals surface area (Å²) in [5.74, 6) is 0.191. The molecule has 0 N–H and O–H groups in total. The van der Waals surface area contributed by atoms with Crippen LogP contribution in [0.15, 0.2) is 46.9 Å². The highest BCUT2D eigenvalue weighted by Crippen LogP contribution is 2.38. The molecule has 0 saturated carbocycles. The van der Waals surface area contributed by atoms with Gasteiger partial charge in [-0.25, -0.2) is 0 Å². The van der Waals surface area contributed by atoms with Crippen molar-refractivity contribution in [2.45, 2.75) is 6.92 Å². The van der Waals surface area contributed by atoms with E-state index in [4.69, 9.17) is 4.74 Å². The number of hydrogen-bond acceptors (Lipinski definition) is 4. The Balaban J connectivity index is 2.51. The molecule has 0 aliphatic carbocycles. The summed E-state index contributed by atoms with van der Waals surface area (Å²) < 4.78 is 6.03. The molecule has 102 valence electrons. The monoisotopic (exact) mass is 335 g/mol. The van der Waals surface area contributed by atoms with E-state index < -0.39 is 4.92 Å². The Kier molecular flexibility index (Phi) is 4.14. The summed E-state index contributed by atoms with van der Waals surface area (Å²) >= 11 is 3.22. The minimum Gasteiger partial charge on any atom is -0.448 e. The maximum absolute atomic E-state index is 11.5. The number of nitro groups is 1. The van der Waals surface area contributed by atoms with Crippen LogP contribution in [-0.4, -0.2) is 10.7 Å². The van der Waals surface area contributed by atoms with Crippen molar-refractivity contribution in [3.63, 3.8) is 0 Å². The normalized spacial score (nSPS) is 10.1. The molecule has 0 aliphatic heterocycles. The van der Waals surface area contributed by atoms with Gasteiger partial charge in [-0.1, -0.05) is 18.2 Å². The fourth-order valence-corrected chi connectivity index (χ4v) is 2.14. The second-order valence-corrected chi connectivity index (χ2v) is 4.85. The number of nitro benzene ring substituents is 1. The molecular weight excluding hydrogens is 326 g/mol. The second kappa shape index (κ2) is 5.83. The van der Waals surface area contributed by atoms with Crippen molar-refractivity contribution in [3.8, 4) is 11.5 Å². The van der Waals surface area contributed by atoms with Crippen LogP contribution in [0.1, 0.15) is 17.3 Å². The largest absolute Gasteiger partial charge is 0.448 e. The van der Waals surface area contributed by atoms with E-state index >= 15 is 0 Å². The summed E-state index contributed by atoms with van der Waals surface area (Å²) in [5, 5.41) is 11.0. The van der Waals surface area contributed by atoms with Gasteiger partial charge in [-0.3, -0.25) is 14.9 Å². The van der Waals surface area contributed by atoms with Gasteiger partial charge >= 0.3 is 5.69 Å². The first-order chi connectivity index (χ1) is 9.50. The second-order valence-electron chi connectivity index (χ2n) is 4.00. The highest BCUT2D eigenvalue weighted by molar-refractivity contribution is 9.10. The van der Waals surface area contributed by atoms with Crippen LogP contribution in [0.5, 0.6) is 11.5 Å². The van der Waals surface area contributed by atoms with Crippen molar-refractivity contribution in [1.29, 1.82) is 0 Å². The highest BCUT2D eigenvalue weighted by Gasteiger charge is 2.20. The van der Waals surface area contributed by atoms with E-state index in [-0.39, 0.29) is 23.0 Å². The standard InChI is InChI=1S/C14H10BrNO4/c1-9(17)10-5-2-3-8-13(10)20-14-11(15)6-4-7-12(14)16(18)19/h2-8H,1H3. The van der Waals surface area contributed by atoms with Gasteiger partial charge in [0.15, 0.2) is 5.78 Å². The number of nitrogens with zero attached hydrogens (tertiary/aromatic N) is 1. The van der Waals surface area contributed by atoms with E-state index in [0.717, 1.165) is 0 Å². The molecule has 5 nitrogen and oxygen atoms in total. The fraction of sp³-hybridized carbons (Fsp3) is 0.0714. The third-order valence-corrected chi connectivity index (χ3v) is 3.25. The van der Waals surface area contributed by atoms with Gasteiger partial charge in [-0.15, -0.1) is 0 Å². The van der Waals surface area contributed by atoms with Gasteiger partial charge in [0.05, 0.1) is 15.0 Å². The fourth-order valence-electron chi connectivity index (χ4n) is 1.70. The van der Waals surface area contributed by atoms with Crippen LogP contribution >= 0.6 is 15.9 Å². The summed E-state index contributed by atoms with van der Waals surface area (Å²) in [4.78, 5) is 22.0. The van der Waals surface area contributed by atoms with Gasteiger partial charge in [0.1, 0.15) is 5.75 Å².